The number of halogens is 1. The second-order valence-electron chi connectivity index (χ2n) is 6.29. The van der Waals surface area contributed by atoms with Gasteiger partial charge in [-0.25, -0.2) is 19.0 Å². The van der Waals surface area contributed by atoms with Crippen molar-refractivity contribution in [1.82, 2.24) is 19.7 Å². The van der Waals surface area contributed by atoms with Gasteiger partial charge in [-0.3, -0.25) is 0 Å². The minimum absolute atomic E-state index is 0.300. The molecule has 5 rings (SSSR count). The van der Waals surface area contributed by atoms with Crippen molar-refractivity contribution in [3.8, 4) is 22.5 Å². The third kappa shape index (κ3) is 2.64. The number of rotatable bonds is 3. The number of pyridine rings is 1. The van der Waals surface area contributed by atoms with Crippen LogP contribution < -0.4 is 4.90 Å². The van der Waals surface area contributed by atoms with Crippen molar-refractivity contribution in [1.29, 1.82) is 5.26 Å². The highest BCUT2D eigenvalue weighted by atomic mass is 32.1. The summed E-state index contributed by atoms with van der Waals surface area (Å²) in [7, 11) is 0. The molecule has 4 heterocycles. The molecule has 3 aromatic heterocycles. The van der Waals surface area contributed by atoms with Gasteiger partial charge in [0.15, 0.2) is 0 Å². The molecule has 0 aliphatic carbocycles. The zero-order valence-electron chi connectivity index (χ0n) is 14.6. The minimum atomic E-state index is -0.427. The van der Waals surface area contributed by atoms with E-state index in [4.69, 9.17) is 5.26 Å². The summed E-state index contributed by atoms with van der Waals surface area (Å²) in [6.07, 6.45) is 6.09. The third-order valence-corrected chi connectivity index (χ3v) is 5.50. The summed E-state index contributed by atoms with van der Waals surface area (Å²) in [5.74, 6) is 0.289. The highest BCUT2D eigenvalue weighted by Crippen LogP contribution is 2.37. The van der Waals surface area contributed by atoms with Crippen LogP contribution in [-0.4, -0.2) is 26.3 Å². The average Bonchev–Trinajstić information content (AvgIpc) is 3.46. The normalized spacial score (nSPS) is 12.8. The van der Waals surface area contributed by atoms with E-state index in [0.29, 0.717) is 23.6 Å². The molecule has 1 aliphatic rings. The van der Waals surface area contributed by atoms with E-state index in [2.05, 4.69) is 15.1 Å². The molecule has 8 heteroatoms. The number of benzene rings is 1. The van der Waals surface area contributed by atoms with Gasteiger partial charge in [-0.1, -0.05) is 0 Å². The molecular weight excluding hydrogens is 375 g/mol. The van der Waals surface area contributed by atoms with Gasteiger partial charge in [0.2, 0.25) is 0 Å². The number of hydrogen-bond donors (Lipinski definition) is 0. The smallest absolute Gasteiger partial charge is 0.148 e. The lowest BCUT2D eigenvalue weighted by molar-refractivity contribution is 0.625. The maximum atomic E-state index is 14.5. The van der Waals surface area contributed by atoms with Gasteiger partial charge in [0.1, 0.15) is 22.3 Å². The van der Waals surface area contributed by atoms with Gasteiger partial charge in [-0.15, -0.1) is 11.3 Å². The SMILES string of the molecule is N#Cc1ccc(N2CCc3c(-n4ccc(-c5nccs5)n4)ccnc32)c(F)c1. The molecule has 1 aromatic carbocycles. The minimum Gasteiger partial charge on any atom is -0.323 e. The van der Waals surface area contributed by atoms with Crippen molar-refractivity contribution in [2.24, 2.45) is 0 Å². The number of anilines is 2. The van der Waals surface area contributed by atoms with Crippen molar-refractivity contribution in [2.75, 3.05) is 11.4 Å². The fourth-order valence-electron chi connectivity index (χ4n) is 3.44. The van der Waals surface area contributed by atoms with Crippen LogP contribution in [-0.2, 0) is 6.42 Å². The topological polar surface area (TPSA) is 70.6 Å². The van der Waals surface area contributed by atoms with E-state index in [-0.39, 0.29) is 0 Å². The number of nitriles is 1. The lowest BCUT2D eigenvalue weighted by Gasteiger charge is -2.19. The Morgan fingerprint density at radius 1 is 1.11 bits per heavy atom. The number of thiazole rings is 1. The quantitative estimate of drug-likeness (QED) is 0.529. The van der Waals surface area contributed by atoms with E-state index in [1.165, 1.54) is 6.07 Å². The Balaban J connectivity index is 1.54. The highest BCUT2D eigenvalue weighted by Gasteiger charge is 2.27. The van der Waals surface area contributed by atoms with E-state index in [0.717, 1.165) is 28.4 Å². The van der Waals surface area contributed by atoms with Crippen LogP contribution in [0.4, 0.5) is 15.9 Å². The molecule has 0 atom stereocenters. The van der Waals surface area contributed by atoms with Crippen molar-refractivity contribution in [3.05, 3.63) is 71.2 Å². The number of aromatic nitrogens is 4. The average molecular weight is 388 g/mol. The molecule has 0 N–H and O–H groups in total. The molecule has 136 valence electrons. The molecule has 0 saturated heterocycles. The van der Waals surface area contributed by atoms with Gasteiger partial charge >= 0.3 is 0 Å². The van der Waals surface area contributed by atoms with Crippen LogP contribution in [0.5, 0.6) is 0 Å². The Labute approximate surface area is 164 Å². The largest absolute Gasteiger partial charge is 0.323 e. The van der Waals surface area contributed by atoms with Gasteiger partial charge in [0, 0.05) is 36.1 Å². The van der Waals surface area contributed by atoms with Crippen LogP contribution in [0.25, 0.3) is 16.4 Å². The molecule has 0 amide bonds. The van der Waals surface area contributed by atoms with Crippen molar-refractivity contribution >= 4 is 22.8 Å². The van der Waals surface area contributed by atoms with Gasteiger partial charge in [0.05, 0.1) is 23.0 Å². The number of nitrogens with zero attached hydrogens (tertiary/aromatic N) is 6. The second kappa shape index (κ2) is 6.55. The molecule has 0 fully saturated rings. The summed E-state index contributed by atoms with van der Waals surface area (Å²) in [6.45, 7) is 0.614. The van der Waals surface area contributed by atoms with Crippen LogP contribution in [0.2, 0.25) is 0 Å². The monoisotopic (exact) mass is 388 g/mol. The predicted octanol–water partition coefficient (Wildman–Crippen LogP) is 4.10. The standard InChI is InChI=1S/C20H13FN6S/c21-15-11-13(12-22)1-2-18(15)26-8-4-14-17(3-6-23-19(14)26)27-9-5-16(25-27)20-24-7-10-28-20/h1-3,5-7,9-11H,4,8H2. The number of hydrogen-bond acceptors (Lipinski definition) is 6. The zero-order chi connectivity index (χ0) is 19.1. The summed E-state index contributed by atoms with van der Waals surface area (Å²) < 4.78 is 16.3. The Morgan fingerprint density at radius 3 is 2.82 bits per heavy atom. The van der Waals surface area contributed by atoms with Crippen molar-refractivity contribution < 1.29 is 4.39 Å². The van der Waals surface area contributed by atoms with Gasteiger partial charge in [-0.2, -0.15) is 10.4 Å². The molecule has 1 aliphatic heterocycles. The van der Waals surface area contributed by atoms with Crippen molar-refractivity contribution in [2.45, 2.75) is 6.42 Å². The van der Waals surface area contributed by atoms with Crippen LogP contribution in [0.15, 0.2) is 54.3 Å². The molecular formula is C20H13FN6S. The van der Waals surface area contributed by atoms with Gasteiger partial charge in [0.25, 0.3) is 0 Å². The zero-order valence-corrected chi connectivity index (χ0v) is 15.4. The first-order chi connectivity index (χ1) is 13.7. The van der Waals surface area contributed by atoms with Crippen LogP contribution in [0.3, 0.4) is 0 Å². The van der Waals surface area contributed by atoms with Crippen LogP contribution in [0, 0.1) is 17.1 Å². The Bertz CT molecular complexity index is 1210. The molecule has 0 radical (unpaired) electrons. The van der Waals surface area contributed by atoms with Gasteiger partial charge in [-0.05, 0) is 36.8 Å². The highest BCUT2D eigenvalue weighted by molar-refractivity contribution is 7.13. The number of fused-ring (bicyclic) bond motifs is 1. The van der Waals surface area contributed by atoms with Crippen LogP contribution in [0.1, 0.15) is 11.1 Å². The lowest BCUT2D eigenvalue weighted by atomic mass is 10.2. The summed E-state index contributed by atoms with van der Waals surface area (Å²) in [6, 6.07) is 10.3. The fourth-order valence-corrected chi connectivity index (χ4v) is 4.04. The van der Waals surface area contributed by atoms with Crippen LogP contribution >= 0.6 is 11.3 Å². The fraction of sp³-hybridized carbons (Fsp3) is 0.100. The summed E-state index contributed by atoms with van der Waals surface area (Å²) >= 11 is 1.54. The Hall–Kier alpha value is -3.57. The first kappa shape index (κ1) is 16.6. The molecule has 0 bridgehead atoms. The maximum absolute atomic E-state index is 14.5. The Morgan fingerprint density at radius 2 is 2.04 bits per heavy atom. The van der Waals surface area contributed by atoms with Crippen molar-refractivity contribution in [3.63, 3.8) is 0 Å². The van der Waals surface area contributed by atoms with E-state index >= 15 is 0 Å². The third-order valence-electron chi connectivity index (χ3n) is 4.70. The Kier molecular flexibility index (Phi) is 3.88. The molecule has 6 nitrogen and oxygen atoms in total. The summed E-state index contributed by atoms with van der Waals surface area (Å²) in [4.78, 5) is 10.6. The molecule has 0 saturated carbocycles. The second-order valence-corrected chi connectivity index (χ2v) is 7.19. The maximum Gasteiger partial charge on any atom is 0.148 e. The van der Waals surface area contributed by atoms with Gasteiger partial charge < -0.3 is 4.90 Å². The van der Waals surface area contributed by atoms with E-state index in [1.54, 1.807) is 35.9 Å². The molecule has 28 heavy (non-hydrogen) atoms. The van der Waals surface area contributed by atoms with E-state index < -0.39 is 5.82 Å². The predicted molar refractivity (Wildman–Crippen MR) is 104 cm³/mol. The van der Waals surface area contributed by atoms with E-state index in [1.807, 2.05) is 39.4 Å². The molecule has 4 aromatic rings. The first-order valence-corrected chi connectivity index (χ1v) is 9.53. The van der Waals surface area contributed by atoms with E-state index in [9.17, 15) is 4.39 Å². The first-order valence-electron chi connectivity index (χ1n) is 8.65. The summed E-state index contributed by atoms with van der Waals surface area (Å²) in [5, 5.41) is 16.4. The summed E-state index contributed by atoms with van der Waals surface area (Å²) in [5.41, 5.74) is 3.47. The molecule has 0 unspecified atom stereocenters. The lowest BCUT2D eigenvalue weighted by Crippen LogP contribution is -2.15. The molecule has 0 spiro atoms.